The van der Waals surface area contributed by atoms with Crippen LogP contribution in [0.15, 0.2) is 27.6 Å². The summed E-state index contributed by atoms with van der Waals surface area (Å²) in [7, 11) is -1.50. The molecule has 2 rings (SSSR count). The van der Waals surface area contributed by atoms with Gasteiger partial charge in [0.1, 0.15) is 22.0 Å². The highest BCUT2D eigenvalue weighted by atomic mass is 32.2. The number of ether oxygens (including phenoxy) is 1. The van der Waals surface area contributed by atoms with E-state index < -0.39 is 32.0 Å². The highest BCUT2D eigenvalue weighted by Gasteiger charge is 2.41. The lowest BCUT2D eigenvalue weighted by atomic mass is 10.1. The lowest BCUT2D eigenvalue weighted by molar-refractivity contribution is 0.0561. The van der Waals surface area contributed by atoms with Crippen molar-refractivity contribution in [2.75, 3.05) is 7.05 Å². The van der Waals surface area contributed by atoms with Crippen molar-refractivity contribution in [1.29, 1.82) is 0 Å². The maximum atomic E-state index is 14.4. The molecule has 1 atom stereocenters. The average molecular weight is 426 g/mol. The number of aryl methyl sites for hydroxylation is 1. The normalized spacial score (nSPS) is 17.4. The van der Waals surface area contributed by atoms with Gasteiger partial charge in [0.2, 0.25) is 0 Å². The van der Waals surface area contributed by atoms with E-state index in [9.17, 15) is 13.4 Å². The molecule has 0 spiro atoms. The van der Waals surface area contributed by atoms with E-state index >= 15 is 0 Å². The molecule has 8 heteroatoms. The van der Waals surface area contributed by atoms with E-state index in [1.165, 1.54) is 13.1 Å². The zero-order valence-corrected chi connectivity index (χ0v) is 19.2. The van der Waals surface area contributed by atoms with Crippen LogP contribution in [0.3, 0.4) is 0 Å². The van der Waals surface area contributed by atoms with Gasteiger partial charge in [-0.05, 0) is 60.5 Å². The van der Waals surface area contributed by atoms with Gasteiger partial charge in [0.15, 0.2) is 0 Å². The van der Waals surface area contributed by atoms with Gasteiger partial charge in [-0.3, -0.25) is 10.3 Å². The maximum absolute atomic E-state index is 14.4. The van der Waals surface area contributed by atoms with Crippen molar-refractivity contribution in [3.8, 4) is 0 Å². The minimum atomic E-state index is -3.01. The highest BCUT2D eigenvalue weighted by molar-refractivity contribution is 7.95. The van der Waals surface area contributed by atoms with Crippen molar-refractivity contribution < 1.29 is 18.1 Å². The standard InChI is InChI=1S/C21H32FN3O3S/c1-14-8-11-17(22)15(12-14)13-29(27,25-16-9-10-16)21(5,6)18(23-7)24-19(26)28-20(2,3)4/h8,11-12,16H,9-10,13H2,1-7H3,(H,23,24,26). The second kappa shape index (κ2) is 8.42. The SMILES string of the molecule is CN=C(NC(=O)OC(C)(C)C)C(C)(C)S(=O)(Cc1cc(C)ccc1F)=NC1CC1. The van der Waals surface area contributed by atoms with Crippen LogP contribution in [0.1, 0.15) is 58.6 Å². The Labute approximate surface area is 173 Å². The largest absolute Gasteiger partial charge is 0.444 e. The highest BCUT2D eigenvalue weighted by Crippen LogP contribution is 2.33. The summed E-state index contributed by atoms with van der Waals surface area (Å²) in [5.74, 6) is -0.270. The number of nitrogens with zero attached hydrogens (tertiary/aromatic N) is 2. The predicted molar refractivity (Wildman–Crippen MR) is 115 cm³/mol. The van der Waals surface area contributed by atoms with Crippen LogP contribution in [0, 0.1) is 12.7 Å². The Bertz CT molecular complexity index is 922. The topological polar surface area (TPSA) is 80.1 Å². The number of rotatable bonds is 5. The van der Waals surface area contributed by atoms with Gasteiger partial charge in [-0.25, -0.2) is 17.8 Å². The van der Waals surface area contributed by atoms with Gasteiger partial charge >= 0.3 is 6.09 Å². The fourth-order valence-corrected chi connectivity index (χ4v) is 5.30. The molecular weight excluding hydrogens is 393 g/mol. The van der Waals surface area contributed by atoms with Crippen molar-refractivity contribution in [3.05, 3.63) is 35.1 Å². The molecule has 1 amide bonds. The van der Waals surface area contributed by atoms with E-state index in [2.05, 4.69) is 14.7 Å². The van der Waals surface area contributed by atoms with Crippen LogP contribution >= 0.6 is 0 Å². The summed E-state index contributed by atoms with van der Waals surface area (Å²) in [6.45, 7) is 10.6. The van der Waals surface area contributed by atoms with Crippen LogP contribution in [0.25, 0.3) is 0 Å². The average Bonchev–Trinajstić information content (AvgIpc) is 3.37. The molecule has 1 fully saturated rings. The van der Waals surface area contributed by atoms with Crippen LogP contribution in [0.5, 0.6) is 0 Å². The van der Waals surface area contributed by atoms with Crippen molar-refractivity contribution in [2.24, 2.45) is 9.36 Å². The lowest BCUT2D eigenvalue weighted by Crippen LogP contribution is -2.51. The van der Waals surface area contributed by atoms with Crippen LogP contribution in [0.2, 0.25) is 0 Å². The van der Waals surface area contributed by atoms with E-state index in [0.29, 0.717) is 5.56 Å². The Balaban J connectivity index is 2.42. The molecule has 0 bridgehead atoms. The number of hydrogen-bond acceptors (Lipinski definition) is 5. The number of amidine groups is 1. The summed E-state index contributed by atoms with van der Waals surface area (Å²) in [6, 6.07) is 4.74. The number of aliphatic imine (C=N–C) groups is 1. The molecule has 1 N–H and O–H groups in total. The minimum Gasteiger partial charge on any atom is -0.444 e. The summed E-state index contributed by atoms with van der Waals surface area (Å²) >= 11 is 0. The third-order valence-corrected chi connectivity index (χ3v) is 7.76. The van der Waals surface area contributed by atoms with Crippen molar-refractivity contribution in [2.45, 2.75) is 76.5 Å². The molecule has 0 saturated heterocycles. The number of nitrogens with one attached hydrogen (secondary N) is 1. The smallest absolute Gasteiger partial charge is 0.413 e. The fourth-order valence-electron chi connectivity index (χ4n) is 2.82. The first kappa shape index (κ1) is 23.3. The second-order valence-electron chi connectivity index (χ2n) is 8.93. The van der Waals surface area contributed by atoms with Crippen molar-refractivity contribution in [1.82, 2.24) is 5.32 Å². The number of halogens is 1. The van der Waals surface area contributed by atoms with Crippen LogP contribution in [-0.4, -0.2) is 39.6 Å². The van der Waals surface area contributed by atoms with E-state index in [4.69, 9.17) is 4.74 Å². The molecule has 0 aromatic heterocycles. The minimum absolute atomic E-state index is 0.00530. The molecule has 162 valence electrons. The fraction of sp³-hybridized carbons (Fsp3) is 0.619. The number of carbonyl (C=O) groups is 1. The number of carbonyl (C=O) groups excluding carboxylic acids is 1. The van der Waals surface area contributed by atoms with Gasteiger partial charge in [-0.1, -0.05) is 17.7 Å². The molecule has 6 nitrogen and oxygen atoms in total. The van der Waals surface area contributed by atoms with Gasteiger partial charge in [0.25, 0.3) is 0 Å². The van der Waals surface area contributed by atoms with Gasteiger partial charge in [0.05, 0.1) is 21.5 Å². The molecule has 0 heterocycles. The maximum Gasteiger partial charge on any atom is 0.413 e. The van der Waals surface area contributed by atoms with Crippen LogP contribution in [-0.2, 0) is 20.2 Å². The zero-order valence-electron chi connectivity index (χ0n) is 18.3. The summed E-state index contributed by atoms with van der Waals surface area (Å²) in [5, 5.41) is 2.63. The van der Waals surface area contributed by atoms with Gasteiger partial charge < -0.3 is 4.74 Å². The summed E-state index contributed by atoms with van der Waals surface area (Å²) < 4.78 is 37.4. The van der Waals surface area contributed by atoms with Crippen molar-refractivity contribution in [3.63, 3.8) is 0 Å². The Morgan fingerprint density at radius 3 is 2.41 bits per heavy atom. The molecule has 1 aromatic carbocycles. The van der Waals surface area contributed by atoms with E-state index in [-0.39, 0.29) is 17.6 Å². The molecule has 29 heavy (non-hydrogen) atoms. The number of alkyl carbamates (subject to hydrolysis) is 1. The molecule has 1 saturated carbocycles. The molecular formula is C21H32FN3O3S. The molecule has 1 aliphatic carbocycles. The number of hydrogen-bond donors (Lipinski definition) is 1. The number of amides is 1. The Morgan fingerprint density at radius 2 is 1.90 bits per heavy atom. The van der Waals surface area contributed by atoms with Gasteiger partial charge in [-0.2, -0.15) is 0 Å². The molecule has 1 aromatic rings. The molecule has 0 aliphatic heterocycles. The monoisotopic (exact) mass is 425 g/mol. The molecule has 1 unspecified atom stereocenters. The van der Waals surface area contributed by atoms with Gasteiger partial charge in [-0.15, -0.1) is 0 Å². The molecule has 1 aliphatic rings. The third-order valence-electron chi connectivity index (χ3n) is 4.63. The van der Waals surface area contributed by atoms with E-state index in [0.717, 1.165) is 18.4 Å². The first-order valence-electron chi connectivity index (χ1n) is 9.73. The first-order valence-corrected chi connectivity index (χ1v) is 11.4. The predicted octanol–water partition coefficient (Wildman–Crippen LogP) is 4.60. The Hall–Kier alpha value is -1.96. The van der Waals surface area contributed by atoms with Crippen LogP contribution < -0.4 is 5.32 Å². The molecule has 0 radical (unpaired) electrons. The van der Waals surface area contributed by atoms with Crippen LogP contribution in [0.4, 0.5) is 9.18 Å². The summed E-state index contributed by atoms with van der Waals surface area (Å²) in [4.78, 5) is 16.5. The third kappa shape index (κ3) is 6.01. The zero-order chi connectivity index (χ0) is 22.0. The lowest BCUT2D eigenvalue weighted by Gasteiger charge is -2.31. The number of benzene rings is 1. The summed E-state index contributed by atoms with van der Waals surface area (Å²) in [5.41, 5.74) is 0.543. The Morgan fingerprint density at radius 1 is 1.28 bits per heavy atom. The van der Waals surface area contributed by atoms with E-state index in [1.54, 1.807) is 46.8 Å². The second-order valence-corrected chi connectivity index (χ2v) is 11.7. The van der Waals surface area contributed by atoms with Crippen molar-refractivity contribution >= 4 is 21.7 Å². The summed E-state index contributed by atoms with van der Waals surface area (Å²) in [6.07, 6.45) is 1.05. The van der Waals surface area contributed by atoms with E-state index in [1.807, 2.05) is 6.92 Å². The van der Waals surface area contributed by atoms with Gasteiger partial charge in [0, 0.05) is 12.6 Å². The first-order chi connectivity index (χ1) is 13.3. The Kier molecular flexibility index (Phi) is 6.77. The quantitative estimate of drug-likeness (QED) is 0.553.